The molecule has 0 unspecified atom stereocenters. The highest BCUT2D eigenvalue weighted by Gasteiger charge is 2.16. The maximum Gasteiger partial charge on any atom is 0.208 e. The summed E-state index contributed by atoms with van der Waals surface area (Å²) in [4.78, 5) is 6.89. The average molecular weight is 425 g/mol. The van der Waals surface area contributed by atoms with Crippen LogP contribution in [-0.2, 0) is 9.84 Å². The van der Waals surface area contributed by atoms with Gasteiger partial charge in [-0.05, 0) is 37.3 Å². The molecule has 3 aromatic rings. The lowest BCUT2D eigenvalue weighted by Crippen LogP contribution is -2.20. The van der Waals surface area contributed by atoms with Crippen molar-refractivity contribution in [1.29, 1.82) is 0 Å². The smallest absolute Gasteiger partial charge is 0.208 e. The predicted molar refractivity (Wildman–Crippen MR) is 117 cm³/mol. The van der Waals surface area contributed by atoms with E-state index in [1.165, 1.54) is 17.6 Å². The first-order valence-corrected chi connectivity index (χ1v) is 11.8. The minimum absolute atomic E-state index is 0.307. The van der Waals surface area contributed by atoms with Crippen LogP contribution in [0.1, 0.15) is 5.01 Å². The fourth-order valence-corrected chi connectivity index (χ4v) is 4.47. The summed E-state index contributed by atoms with van der Waals surface area (Å²) in [6, 6.07) is 16.9. The molecule has 0 N–H and O–H groups in total. The van der Waals surface area contributed by atoms with Gasteiger partial charge in [-0.1, -0.05) is 47.7 Å². The number of thiazole rings is 1. The maximum atomic E-state index is 11.8. The molecule has 29 heavy (non-hydrogen) atoms. The Morgan fingerprint density at radius 1 is 1.10 bits per heavy atom. The van der Waals surface area contributed by atoms with Crippen LogP contribution in [0.4, 0.5) is 5.69 Å². The van der Waals surface area contributed by atoms with Gasteiger partial charge in [-0.2, -0.15) is 0 Å². The van der Waals surface area contributed by atoms with E-state index in [1.807, 2.05) is 66.6 Å². The van der Waals surface area contributed by atoms with Crippen LogP contribution in [0.15, 0.2) is 83.6 Å². The predicted octanol–water partition coefficient (Wildman–Crippen LogP) is 4.82. The van der Waals surface area contributed by atoms with E-state index in [0.29, 0.717) is 11.4 Å². The van der Waals surface area contributed by atoms with Crippen LogP contribution in [0.5, 0.6) is 5.06 Å². The van der Waals surface area contributed by atoms with Gasteiger partial charge in [0.2, 0.25) is 5.06 Å². The number of hydrogen-bond acceptors (Lipinski definition) is 6. The largest absolute Gasteiger partial charge is 0.445 e. The number of ether oxygens (including phenoxy) is 1. The van der Waals surface area contributed by atoms with Gasteiger partial charge in [0, 0.05) is 30.3 Å². The Bertz CT molecular complexity index is 1200. The van der Waals surface area contributed by atoms with Crippen LogP contribution in [0.25, 0.3) is 11.3 Å². The number of allylic oxidation sites excluding steroid dienone is 1. The van der Waals surface area contributed by atoms with Crippen LogP contribution in [0.2, 0.25) is 0 Å². The number of sulfone groups is 1. The molecular weight excluding hydrogens is 404 g/mol. The van der Waals surface area contributed by atoms with E-state index in [9.17, 15) is 8.42 Å². The Labute approximate surface area is 174 Å². The van der Waals surface area contributed by atoms with Gasteiger partial charge in [-0.3, -0.25) is 0 Å². The molecular formula is C22H20N2O3S2. The summed E-state index contributed by atoms with van der Waals surface area (Å²) in [6.45, 7) is 2.54. The molecule has 0 fully saturated rings. The zero-order valence-electron chi connectivity index (χ0n) is 16.1. The Morgan fingerprint density at radius 2 is 1.90 bits per heavy atom. The van der Waals surface area contributed by atoms with Crippen LogP contribution >= 0.6 is 11.3 Å². The molecule has 7 heteroatoms. The lowest BCUT2D eigenvalue weighted by Gasteiger charge is -2.23. The van der Waals surface area contributed by atoms with Crippen molar-refractivity contribution in [1.82, 2.24) is 4.98 Å². The minimum Gasteiger partial charge on any atom is -0.445 e. The molecule has 0 spiro atoms. The second kappa shape index (κ2) is 7.85. The van der Waals surface area contributed by atoms with Gasteiger partial charge < -0.3 is 9.64 Å². The van der Waals surface area contributed by atoms with E-state index in [0.717, 1.165) is 32.8 Å². The lowest BCUT2D eigenvalue weighted by atomic mass is 10.2. The number of anilines is 1. The molecule has 0 saturated heterocycles. The van der Waals surface area contributed by atoms with E-state index in [-0.39, 0.29) is 0 Å². The van der Waals surface area contributed by atoms with E-state index in [4.69, 9.17) is 4.74 Å². The van der Waals surface area contributed by atoms with Crippen molar-refractivity contribution in [3.63, 3.8) is 0 Å². The molecule has 0 radical (unpaired) electrons. The number of aromatic nitrogens is 1. The van der Waals surface area contributed by atoms with Crippen molar-refractivity contribution in [2.24, 2.45) is 0 Å². The van der Waals surface area contributed by atoms with E-state index in [2.05, 4.69) is 4.98 Å². The van der Waals surface area contributed by atoms with Crippen LogP contribution in [-0.4, -0.2) is 26.2 Å². The summed E-state index contributed by atoms with van der Waals surface area (Å²) >= 11 is 1.52. The molecule has 0 saturated carbocycles. The first-order valence-electron chi connectivity index (χ1n) is 9.06. The van der Waals surface area contributed by atoms with Gasteiger partial charge in [-0.25, -0.2) is 13.4 Å². The summed E-state index contributed by atoms with van der Waals surface area (Å²) in [7, 11) is -3.24. The molecule has 1 aliphatic rings. The first kappa shape index (κ1) is 19.4. The zero-order chi connectivity index (χ0) is 20.4. The fraction of sp³-hybridized carbons (Fsp3) is 0.136. The average Bonchev–Trinajstić information content (AvgIpc) is 3.09. The fourth-order valence-electron chi connectivity index (χ4n) is 3.00. The molecule has 2 aromatic carbocycles. The Morgan fingerprint density at radius 3 is 2.59 bits per heavy atom. The van der Waals surface area contributed by atoms with Crippen molar-refractivity contribution in [2.45, 2.75) is 11.8 Å². The van der Waals surface area contributed by atoms with Gasteiger partial charge in [0.25, 0.3) is 0 Å². The van der Waals surface area contributed by atoms with Gasteiger partial charge >= 0.3 is 0 Å². The van der Waals surface area contributed by atoms with E-state index in [1.54, 1.807) is 18.2 Å². The van der Waals surface area contributed by atoms with Crippen molar-refractivity contribution < 1.29 is 13.2 Å². The number of aryl methyl sites for hydroxylation is 1. The summed E-state index contributed by atoms with van der Waals surface area (Å²) in [6.07, 6.45) is 6.95. The van der Waals surface area contributed by atoms with E-state index < -0.39 is 9.84 Å². The summed E-state index contributed by atoms with van der Waals surface area (Å²) < 4.78 is 29.7. The number of hydrogen-bond donors (Lipinski definition) is 0. The summed E-state index contributed by atoms with van der Waals surface area (Å²) in [5.74, 6) is 0.737. The molecule has 2 heterocycles. The molecule has 0 amide bonds. The van der Waals surface area contributed by atoms with E-state index >= 15 is 0 Å². The van der Waals surface area contributed by atoms with Crippen molar-refractivity contribution in [3.05, 3.63) is 83.7 Å². The summed E-state index contributed by atoms with van der Waals surface area (Å²) in [5, 5.41) is 1.70. The van der Waals surface area contributed by atoms with Crippen LogP contribution in [0, 0.1) is 6.92 Å². The molecule has 1 aliphatic heterocycles. The second-order valence-electron chi connectivity index (χ2n) is 6.68. The zero-order valence-corrected chi connectivity index (χ0v) is 17.7. The maximum absolute atomic E-state index is 11.8. The molecule has 1 aromatic heterocycles. The minimum atomic E-state index is -3.24. The van der Waals surface area contributed by atoms with Gasteiger partial charge in [-0.15, -0.1) is 0 Å². The third kappa shape index (κ3) is 4.41. The van der Waals surface area contributed by atoms with Crippen molar-refractivity contribution in [2.75, 3.05) is 17.7 Å². The van der Waals surface area contributed by atoms with Crippen LogP contribution < -0.4 is 9.64 Å². The second-order valence-corrected chi connectivity index (χ2v) is 9.86. The highest BCUT2D eigenvalue weighted by molar-refractivity contribution is 7.90. The molecule has 0 atom stereocenters. The Hall–Kier alpha value is -2.90. The highest BCUT2D eigenvalue weighted by Crippen LogP contribution is 2.36. The monoisotopic (exact) mass is 424 g/mol. The van der Waals surface area contributed by atoms with Gasteiger partial charge in [0.1, 0.15) is 11.5 Å². The quantitative estimate of drug-likeness (QED) is 0.588. The van der Waals surface area contributed by atoms with Gasteiger partial charge in [0.15, 0.2) is 9.84 Å². The Balaban J connectivity index is 1.52. The van der Waals surface area contributed by atoms with Crippen molar-refractivity contribution >= 4 is 26.9 Å². The molecule has 0 bridgehead atoms. The standard InChI is InChI=1S/C22H20N2O3S2/c1-16-23-21(17-7-4-3-5-8-17)22(28-16)27-19-11-13-24(14-12-19)18-9-6-10-20(15-18)29(2,25)26/h3-13,15H,14H2,1-2H3. The first-order chi connectivity index (χ1) is 13.9. The Kier molecular flexibility index (Phi) is 5.25. The lowest BCUT2D eigenvalue weighted by molar-refractivity contribution is 0.453. The number of nitrogens with zero attached hydrogens (tertiary/aromatic N) is 2. The molecule has 0 aliphatic carbocycles. The van der Waals surface area contributed by atoms with Crippen LogP contribution in [0.3, 0.4) is 0 Å². The number of benzene rings is 2. The molecule has 4 rings (SSSR count). The summed E-state index contributed by atoms with van der Waals surface area (Å²) in [5.41, 5.74) is 2.68. The van der Waals surface area contributed by atoms with Crippen molar-refractivity contribution in [3.8, 4) is 16.3 Å². The normalized spacial score (nSPS) is 14.0. The SMILES string of the molecule is Cc1nc(-c2ccccc2)c(OC2=CCN(c3cccc(S(C)(=O)=O)c3)C=C2)s1. The number of rotatable bonds is 5. The third-order valence-corrected chi connectivity index (χ3v) is 6.41. The molecule has 148 valence electrons. The third-order valence-electron chi connectivity index (χ3n) is 4.45. The highest BCUT2D eigenvalue weighted by atomic mass is 32.2. The molecule has 5 nitrogen and oxygen atoms in total. The topological polar surface area (TPSA) is 59.5 Å². The van der Waals surface area contributed by atoms with Gasteiger partial charge in [0.05, 0.1) is 9.90 Å².